The molecule has 5 aromatic carbocycles. The van der Waals surface area contributed by atoms with Crippen molar-refractivity contribution in [2.75, 3.05) is 4.90 Å². The largest absolute Gasteiger partial charge is 0.354 e. The molecule has 3 aromatic heterocycles. The van der Waals surface area contributed by atoms with Crippen molar-refractivity contribution >= 4 is 39.0 Å². The number of H-pyrrole nitrogens is 1. The number of pyridine rings is 2. The molecule has 4 nitrogen and oxygen atoms in total. The summed E-state index contributed by atoms with van der Waals surface area (Å²) < 4.78 is 0. The Morgan fingerprint density at radius 1 is 0.500 bits per heavy atom. The van der Waals surface area contributed by atoms with Crippen LogP contribution in [0.15, 0.2) is 152 Å². The Hall–Kier alpha value is -6.00. The number of aromatic amines is 1. The zero-order valence-electron chi connectivity index (χ0n) is 30.8. The SMILES string of the molecule is CC(C)(C)c1cc(-c2cc(-c3cccc(N(c4ccccc4)c4ccccn4)c3)nc(-c3cccc4c3[nH]c3ccccc34)c2)cc(C(C)(C)C)c1. The van der Waals surface area contributed by atoms with Gasteiger partial charge in [0.25, 0.3) is 0 Å². The second kappa shape index (κ2) is 13.0. The molecule has 0 spiro atoms. The fourth-order valence-electron chi connectivity index (χ4n) is 7.01. The second-order valence-electron chi connectivity index (χ2n) is 15.7. The molecule has 0 bridgehead atoms. The predicted molar refractivity (Wildman–Crippen MR) is 220 cm³/mol. The maximum Gasteiger partial charge on any atom is 0.137 e. The molecule has 0 fully saturated rings. The molecule has 0 aliphatic carbocycles. The van der Waals surface area contributed by atoms with E-state index in [2.05, 4.69) is 173 Å². The van der Waals surface area contributed by atoms with E-state index in [1.165, 1.54) is 27.5 Å². The predicted octanol–water partition coefficient (Wildman–Crippen LogP) is 13.2. The topological polar surface area (TPSA) is 44.8 Å². The van der Waals surface area contributed by atoms with Crippen molar-refractivity contribution in [3.8, 4) is 33.6 Å². The smallest absolute Gasteiger partial charge is 0.137 e. The minimum atomic E-state index is -0.00858. The van der Waals surface area contributed by atoms with Crippen LogP contribution < -0.4 is 4.90 Å². The van der Waals surface area contributed by atoms with Gasteiger partial charge in [0.2, 0.25) is 0 Å². The lowest BCUT2D eigenvalue weighted by Gasteiger charge is -2.26. The number of hydrogen-bond donors (Lipinski definition) is 1. The van der Waals surface area contributed by atoms with E-state index in [1.807, 2.05) is 30.5 Å². The molecule has 0 saturated heterocycles. The Morgan fingerprint density at radius 2 is 1.13 bits per heavy atom. The Labute approximate surface area is 306 Å². The van der Waals surface area contributed by atoms with E-state index in [-0.39, 0.29) is 10.8 Å². The summed E-state index contributed by atoms with van der Waals surface area (Å²) in [6, 6.07) is 51.8. The van der Waals surface area contributed by atoms with Crippen LogP contribution >= 0.6 is 0 Å². The lowest BCUT2D eigenvalue weighted by atomic mass is 9.79. The van der Waals surface area contributed by atoms with Gasteiger partial charge in [0.05, 0.1) is 16.9 Å². The lowest BCUT2D eigenvalue weighted by Crippen LogP contribution is -2.16. The maximum atomic E-state index is 5.45. The molecule has 8 rings (SSSR count). The molecule has 0 aliphatic heterocycles. The summed E-state index contributed by atoms with van der Waals surface area (Å²) in [7, 11) is 0. The molecule has 52 heavy (non-hydrogen) atoms. The summed E-state index contributed by atoms with van der Waals surface area (Å²) in [4.78, 5) is 16.1. The normalized spacial score (nSPS) is 12.0. The van der Waals surface area contributed by atoms with E-state index < -0.39 is 0 Å². The van der Waals surface area contributed by atoms with Crippen LogP contribution in [-0.4, -0.2) is 15.0 Å². The Balaban J connectivity index is 1.36. The highest BCUT2D eigenvalue weighted by atomic mass is 15.2. The quantitative estimate of drug-likeness (QED) is 0.191. The van der Waals surface area contributed by atoms with Crippen molar-refractivity contribution in [3.63, 3.8) is 0 Å². The van der Waals surface area contributed by atoms with Crippen LogP contribution in [-0.2, 0) is 10.8 Å². The van der Waals surface area contributed by atoms with Crippen LogP contribution in [0.3, 0.4) is 0 Å². The van der Waals surface area contributed by atoms with Gasteiger partial charge in [-0.1, -0.05) is 133 Å². The molecule has 0 aliphatic rings. The Kier molecular flexibility index (Phi) is 8.26. The van der Waals surface area contributed by atoms with Crippen LogP contribution in [0.25, 0.3) is 55.4 Å². The number of nitrogens with zero attached hydrogens (tertiary/aromatic N) is 3. The fourth-order valence-corrected chi connectivity index (χ4v) is 7.01. The van der Waals surface area contributed by atoms with Crippen LogP contribution in [0, 0.1) is 0 Å². The van der Waals surface area contributed by atoms with E-state index in [0.29, 0.717) is 0 Å². The van der Waals surface area contributed by atoms with Gasteiger partial charge in [-0.2, -0.15) is 0 Å². The minimum absolute atomic E-state index is 0.00858. The summed E-state index contributed by atoms with van der Waals surface area (Å²) in [5.74, 6) is 0.854. The highest BCUT2D eigenvalue weighted by Crippen LogP contribution is 2.40. The molecule has 4 heteroatoms. The number of para-hydroxylation sites is 3. The van der Waals surface area contributed by atoms with E-state index in [1.54, 1.807) is 0 Å². The number of nitrogens with one attached hydrogen (secondary N) is 1. The average Bonchev–Trinajstić information content (AvgIpc) is 3.54. The van der Waals surface area contributed by atoms with Gasteiger partial charge >= 0.3 is 0 Å². The van der Waals surface area contributed by atoms with Gasteiger partial charge in [-0.15, -0.1) is 0 Å². The first-order chi connectivity index (χ1) is 25.0. The molecule has 0 amide bonds. The second-order valence-corrected chi connectivity index (χ2v) is 15.7. The van der Waals surface area contributed by atoms with Gasteiger partial charge < -0.3 is 4.98 Å². The van der Waals surface area contributed by atoms with Crippen molar-refractivity contribution in [2.45, 2.75) is 52.4 Å². The third-order valence-electron chi connectivity index (χ3n) is 9.93. The molecular formula is C48H44N4. The van der Waals surface area contributed by atoms with E-state index in [0.717, 1.165) is 56.3 Å². The average molecular weight is 677 g/mol. The van der Waals surface area contributed by atoms with Crippen LogP contribution in [0.2, 0.25) is 0 Å². The van der Waals surface area contributed by atoms with E-state index >= 15 is 0 Å². The minimum Gasteiger partial charge on any atom is -0.354 e. The molecule has 0 unspecified atom stereocenters. The number of fused-ring (bicyclic) bond motifs is 3. The zero-order valence-corrected chi connectivity index (χ0v) is 30.8. The molecule has 0 saturated carbocycles. The molecule has 256 valence electrons. The van der Waals surface area contributed by atoms with Gasteiger partial charge in [-0.25, -0.2) is 9.97 Å². The summed E-state index contributed by atoms with van der Waals surface area (Å²) in [6.07, 6.45) is 1.84. The van der Waals surface area contributed by atoms with Crippen LogP contribution in [0.1, 0.15) is 52.7 Å². The number of hydrogen-bond acceptors (Lipinski definition) is 3. The highest BCUT2D eigenvalue weighted by molar-refractivity contribution is 6.11. The van der Waals surface area contributed by atoms with Gasteiger partial charge in [-0.05, 0) is 87.7 Å². The van der Waals surface area contributed by atoms with Crippen molar-refractivity contribution in [2.24, 2.45) is 0 Å². The fraction of sp³-hybridized carbons (Fsp3) is 0.167. The first-order valence-corrected chi connectivity index (χ1v) is 18.1. The first kappa shape index (κ1) is 33.2. The van der Waals surface area contributed by atoms with Crippen molar-refractivity contribution in [3.05, 3.63) is 163 Å². The van der Waals surface area contributed by atoms with Gasteiger partial charge in [-0.3, -0.25) is 4.90 Å². The third kappa shape index (κ3) is 6.37. The first-order valence-electron chi connectivity index (χ1n) is 18.1. The maximum absolute atomic E-state index is 5.45. The van der Waals surface area contributed by atoms with Gasteiger partial charge in [0, 0.05) is 45.0 Å². The monoisotopic (exact) mass is 676 g/mol. The number of anilines is 3. The summed E-state index contributed by atoms with van der Waals surface area (Å²) in [5.41, 5.74) is 13.2. The number of benzene rings is 5. The van der Waals surface area contributed by atoms with E-state index in [4.69, 9.17) is 9.97 Å². The molecule has 1 N–H and O–H groups in total. The third-order valence-corrected chi connectivity index (χ3v) is 9.93. The number of rotatable bonds is 6. The van der Waals surface area contributed by atoms with Crippen LogP contribution in [0.5, 0.6) is 0 Å². The highest BCUT2D eigenvalue weighted by Gasteiger charge is 2.22. The standard InChI is InChI=1S/C48H44N4/c1-47(2,3)35-26-33(27-36(31-35)48(4,5)6)34-29-43(50-44(30-34)41-22-15-21-40-39-20-10-11-23-42(39)51-46(40)41)32-16-14-19-38(28-32)52(37-17-8-7-9-18-37)45-24-12-13-25-49-45/h7-31,51H,1-6H3. The van der Waals surface area contributed by atoms with E-state index in [9.17, 15) is 0 Å². The van der Waals surface area contributed by atoms with Crippen LogP contribution in [0.4, 0.5) is 17.2 Å². The molecule has 3 heterocycles. The summed E-state index contributed by atoms with van der Waals surface area (Å²) in [5, 5.41) is 2.41. The Bertz CT molecular complexity index is 2460. The molecular weight excluding hydrogens is 633 g/mol. The molecule has 8 aromatic rings. The molecule has 0 radical (unpaired) electrons. The van der Waals surface area contributed by atoms with Gasteiger partial charge in [0.15, 0.2) is 0 Å². The molecule has 0 atom stereocenters. The summed E-state index contributed by atoms with van der Waals surface area (Å²) >= 11 is 0. The Morgan fingerprint density at radius 3 is 1.87 bits per heavy atom. The van der Waals surface area contributed by atoms with Gasteiger partial charge in [0.1, 0.15) is 5.82 Å². The zero-order chi connectivity index (χ0) is 36.0. The lowest BCUT2D eigenvalue weighted by molar-refractivity contribution is 0.569. The summed E-state index contributed by atoms with van der Waals surface area (Å²) in [6.45, 7) is 13.8. The van der Waals surface area contributed by atoms with Crippen molar-refractivity contribution in [1.82, 2.24) is 15.0 Å². The van der Waals surface area contributed by atoms with Crippen molar-refractivity contribution in [1.29, 1.82) is 0 Å². The van der Waals surface area contributed by atoms with Crippen molar-refractivity contribution < 1.29 is 0 Å². The number of aromatic nitrogens is 3.